The monoisotopic (exact) mass is 625 g/mol. The topological polar surface area (TPSA) is 96.0 Å². The molecule has 1 aliphatic rings. The number of rotatable bonds is 12. The van der Waals surface area contributed by atoms with E-state index in [0.717, 1.165) is 47.5 Å². The molecule has 0 heterocycles. The van der Waals surface area contributed by atoms with E-state index in [2.05, 4.69) is 5.32 Å². The van der Waals surface area contributed by atoms with E-state index < -0.39 is 28.5 Å². The molecule has 230 valence electrons. The molecule has 0 aliphatic heterocycles. The highest BCUT2D eigenvalue weighted by Crippen LogP contribution is 2.27. The van der Waals surface area contributed by atoms with Crippen LogP contribution in [0, 0.1) is 6.92 Å². The number of hydrogen-bond acceptors (Lipinski definition) is 5. The van der Waals surface area contributed by atoms with E-state index in [1.807, 2.05) is 38.1 Å². The summed E-state index contributed by atoms with van der Waals surface area (Å²) < 4.78 is 34.3. The molecule has 3 aromatic rings. The van der Waals surface area contributed by atoms with Crippen molar-refractivity contribution in [3.05, 3.63) is 88.9 Å². The molecule has 10 heteroatoms. The second kappa shape index (κ2) is 14.8. The van der Waals surface area contributed by atoms with Gasteiger partial charge >= 0.3 is 0 Å². The molecular weight excluding hydrogens is 586 g/mol. The fourth-order valence-electron chi connectivity index (χ4n) is 5.48. The van der Waals surface area contributed by atoms with Gasteiger partial charge in [-0.3, -0.25) is 13.9 Å². The van der Waals surface area contributed by atoms with Gasteiger partial charge in [-0.05, 0) is 80.3 Å². The molecule has 1 saturated carbocycles. The highest BCUT2D eigenvalue weighted by molar-refractivity contribution is 7.92. The molecule has 0 spiro atoms. The third-order valence-electron chi connectivity index (χ3n) is 7.81. The van der Waals surface area contributed by atoms with E-state index in [1.54, 1.807) is 36.4 Å². The molecule has 0 unspecified atom stereocenters. The summed E-state index contributed by atoms with van der Waals surface area (Å²) in [6.45, 7) is 3.49. The highest BCUT2D eigenvalue weighted by atomic mass is 35.5. The number of nitrogens with zero attached hydrogens (tertiary/aromatic N) is 2. The number of ether oxygens (including phenoxy) is 1. The van der Waals surface area contributed by atoms with Gasteiger partial charge in [0.05, 0.1) is 17.7 Å². The fraction of sp³-hybridized carbons (Fsp3) is 0.394. The van der Waals surface area contributed by atoms with Crippen LogP contribution in [0.25, 0.3) is 0 Å². The smallest absolute Gasteiger partial charge is 0.264 e. The van der Waals surface area contributed by atoms with Crippen LogP contribution in [0.3, 0.4) is 0 Å². The van der Waals surface area contributed by atoms with Crippen LogP contribution in [0.15, 0.2) is 77.7 Å². The van der Waals surface area contributed by atoms with Crippen molar-refractivity contribution in [2.45, 2.75) is 75.9 Å². The first kappa shape index (κ1) is 32.4. The van der Waals surface area contributed by atoms with Crippen molar-refractivity contribution in [1.29, 1.82) is 0 Å². The van der Waals surface area contributed by atoms with Crippen LogP contribution in [-0.2, 0) is 26.2 Å². The Hall–Kier alpha value is -3.56. The number of halogens is 1. The summed E-state index contributed by atoms with van der Waals surface area (Å²) in [4.78, 5) is 29.4. The van der Waals surface area contributed by atoms with Crippen LogP contribution >= 0.6 is 11.6 Å². The molecule has 1 N–H and O–H groups in total. The van der Waals surface area contributed by atoms with Gasteiger partial charge in [-0.2, -0.15) is 0 Å². The number of benzene rings is 3. The Balaban J connectivity index is 1.70. The molecule has 2 amide bonds. The van der Waals surface area contributed by atoms with Crippen molar-refractivity contribution in [2.24, 2.45) is 0 Å². The summed E-state index contributed by atoms with van der Waals surface area (Å²) in [5.74, 6) is -0.196. The van der Waals surface area contributed by atoms with Crippen molar-refractivity contribution in [1.82, 2.24) is 10.2 Å². The van der Waals surface area contributed by atoms with Crippen molar-refractivity contribution < 1.29 is 22.7 Å². The minimum atomic E-state index is -4.19. The summed E-state index contributed by atoms with van der Waals surface area (Å²) in [6, 6.07) is 19.3. The molecule has 1 aliphatic carbocycles. The highest BCUT2D eigenvalue weighted by Gasteiger charge is 2.34. The molecule has 0 saturated heterocycles. The van der Waals surface area contributed by atoms with E-state index in [1.165, 1.54) is 24.1 Å². The molecular formula is C33H40ClN3O5S. The lowest BCUT2D eigenvalue weighted by molar-refractivity contribution is -0.140. The third kappa shape index (κ3) is 8.30. The second-order valence-corrected chi connectivity index (χ2v) is 13.2. The predicted molar refractivity (Wildman–Crippen MR) is 170 cm³/mol. The van der Waals surface area contributed by atoms with E-state index in [4.69, 9.17) is 16.3 Å². The van der Waals surface area contributed by atoms with E-state index >= 15 is 0 Å². The van der Waals surface area contributed by atoms with E-state index in [9.17, 15) is 18.0 Å². The van der Waals surface area contributed by atoms with E-state index in [0.29, 0.717) is 17.2 Å². The van der Waals surface area contributed by atoms with Crippen LogP contribution in [0.4, 0.5) is 5.69 Å². The number of hydrogen-bond donors (Lipinski definition) is 1. The molecule has 8 nitrogen and oxygen atoms in total. The van der Waals surface area contributed by atoms with Gasteiger partial charge in [0, 0.05) is 17.6 Å². The summed E-state index contributed by atoms with van der Waals surface area (Å²) in [5, 5.41) is 3.60. The molecule has 3 aromatic carbocycles. The lowest BCUT2D eigenvalue weighted by Gasteiger charge is -2.34. The number of nitrogens with one attached hydrogen (secondary N) is 1. The summed E-state index contributed by atoms with van der Waals surface area (Å²) in [6.07, 6.45) is 5.49. The first-order valence-electron chi connectivity index (χ1n) is 14.7. The van der Waals surface area contributed by atoms with Gasteiger partial charge in [-0.25, -0.2) is 8.42 Å². The van der Waals surface area contributed by atoms with Crippen molar-refractivity contribution in [2.75, 3.05) is 18.0 Å². The number of anilines is 1. The second-order valence-electron chi connectivity index (χ2n) is 10.9. The molecule has 1 atom stereocenters. The largest absolute Gasteiger partial charge is 0.497 e. The van der Waals surface area contributed by atoms with Crippen molar-refractivity contribution in [3.8, 4) is 5.75 Å². The van der Waals surface area contributed by atoms with Crippen LogP contribution < -0.4 is 14.4 Å². The molecule has 1 fully saturated rings. The minimum Gasteiger partial charge on any atom is -0.497 e. The summed E-state index contributed by atoms with van der Waals surface area (Å²) in [5.41, 5.74) is 2.16. The van der Waals surface area contributed by atoms with Crippen molar-refractivity contribution >= 4 is 39.1 Å². The molecule has 0 radical (unpaired) electrons. The molecule has 4 rings (SSSR count). The maximum Gasteiger partial charge on any atom is 0.264 e. The molecule has 0 aromatic heterocycles. The Morgan fingerprint density at radius 3 is 2.28 bits per heavy atom. The molecule has 43 heavy (non-hydrogen) atoms. The van der Waals surface area contributed by atoms with Crippen LogP contribution in [0.5, 0.6) is 5.75 Å². The lowest BCUT2D eigenvalue weighted by Crippen LogP contribution is -2.54. The number of amides is 2. The van der Waals surface area contributed by atoms with Crippen LogP contribution in [-0.4, -0.2) is 50.9 Å². The molecule has 0 bridgehead atoms. The first-order valence-corrected chi connectivity index (χ1v) is 16.5. The zero-order valence-corrected chi connectivity index (χ0v) is 26.5. The Morgan fingerprint density at radius 2 is 1.67 bits per heavy atom. The maximum atomic E-state index is 14.3. The van der Waals surface area contributed by atoms with Gasteiger partial charge in [0.15, 0.2) is 0 Å². The van der Waals surface area contributed by atoms with Gasteiger partial charge in [-0.15, -0.1) is 0 Å². The number of aryl methyl sites for hydroxylation is 1. The Bertz CT molecular complexity index is 1490. The number of methoxy groups -OCH3 is 1. The number of carbonyl (C=O) groups is 2. The van der Waals surface area contributed by atoms with Gasteiger partial charge in [0.1, 0.15) is 18.3 Å². The Kier molecular flexibility index (Phi) is 11.1. The minimum absolute atomic E-state index is 0.00312. The average molecular weight is 626 g/mol. The third-order valence-corrected chi connectivity index (χ3v) is 9.85. The zero-order valence-electron chi connectivity index (χ0n) is 25.0. The van der Waals surface area contributed by atoms with Gasteiger partial charge in [-0.1, -0.05) is 67.6 Å². The maximum absolute atomic E-state index is 14.3. The lowest BCUT2D eigenvalue weighted by atomic mass is 9.95. The standard InChI is InChI=1S/C33H40ClN3O5S/c1-4-31(33(39)35-27-11-6-5-7-12-27)36(22-25-10-8-9-24(2)21-25)32(38)23-37(28-15-13-26(34)14-16-28)43(40,41)30-19-17-29(42-3)18-20-30/h8-10,13-21,27,31H,4-7,11-12,22-23H2,1-3H3,(H,35,39)/t31-/m0/s1. The summed E-state index contributed by atoms with van der Waals surface area (Å²) in [7, 11) is -2.69. The van der Waals surface area contributed by atoms with Gasteiger partial charge in [0.25, 0.3) is 10.0 Å². The zero-order chi connectivity index (χ0) is 31.0. The first-order chi connectivity index (χ1) is 20.6. The van der Waals surface area contributed by atoms with Crippen molar-refractivity contribution in [3.63, 3.8) is 0 Å². The fourth-order valence-corrected chi connectivity index (χ4v) is 7.02. The van der Waals surface area contributed by atoms with Crippen LogP contribution in [0.2, 0.25) is 5.02 Å². The van der Waals surface area contributed by atoms with E-state index in [-0.39, 0.29) is 29.1 Å². The predicted octanol–water partition coefficient (Wildman–Crippen LogP) is 6.11. The van der Waals surface area contributed by atoms with Gasteiger partial charge < -0.3 is 15.0 Å². The average Bonchev–Trinajstić information content (AvgIpc) is 3.00. The number of sulfonamides is 1. The normalized spacial score (nSPS) is 14.5. The van der Waals surface area contributed by atoms with Gasteiger partial charge in [0.2, 0.25) is 11.8 Å². The van der Waals surface area contributed by atoms with Crippen LogP contribution in [0.1, 0.15) is 56.6 Å². The quantitative estimate of drug-likeness (QED) is 0.262. The Morgan fingerprint density at radius 1 is 1.00 bits per heavy atom. The Labute approximate surface area is 260 Å². The summed E-state index contributed by atoms with van der Waals surface area (Å²) >= 11 is 6.11. The SMILES string of the molecule is CC[C@@H](C(=O)NC1CCCCC1)N(Cc1cccc(C)c1)C(=O)CN(c1ccc(Cl)cc1)S(=O)(=O)c1ccc(OC)cc1. The number of carbonyl (C=O) groups excluding carboxylic acids is 2.